The van der Waals surface area contributed by atoms with Crippen molar-refractivity contribution >= 4 is 22.7 Å². The highest BCUT2D eigenvalue weighted by Crippen LogP contribution is 2.20. The molecule has 1 N–H and O–H groups in total. The Bertz CT molecular complexity index is 1230. The van der Waals surface area contributed by atoms with Crippen molar-refractivity contribution < 1.29 is 14.3 Å². The van der Waals surface area contributed by atoms with Crippen LogP contribution < -0.4 is 4.74 Å². The number of aromatic nitrogens is 1. The molecule has 6 nitrogen and oxygen atoms in total. The molecular weight excluding hydrogens is 546 g/mol. The number of carbonyl (C=O) groups excluding carboxylic acids is 2. The molecule has 0 saturated heterocycles. The van der Waals surface area contributed by atoms with E-state index in [1.807, 2.05) is 47.5 Å². The highest BCUT2D eigenvalue weighted by molar-refractivity contribution is 5.85. The molecule has 0 bridgehead atoms. The first kappa shape index (κ1) is 35.2. The number of fused-ring (bicyclic) bond motifs is 1. The van der Waals surface area contributed by atoms with Crippen molar-refractivity contribution in [3.05, 3.63) is 65.9 Å². The van der Waals surface area contributed by atoms with Crippen LogP contribution in [0.25, 0.3) is 10.9 Å². The fraction of sp³-hybridized carbons (Fsp3) is 0.579. The molecule has 0 saturated carbocycles. The Morgan fingerprint density at radius 2 is 1.43 bits per heavy atom. The Hall–Kier alpha value is -3.28. The maximum atomic E-state index is 13.8. The van der Waals surface area contributed by atoms with Crippen molar-refractivity contribution in [2.24, 2.45) is 5.92 Å². The van der Waals surface area contributed by atoms with Crippen molar-refractivity contribution in [1.82, 2.24) is 14.8 Å². The zero-order valence-electron chi connectivity index (χ0n) is 27.9. The summed E-state index contributed by atoms with van der Waals surface area (Å²) < 4.78 is 5.33. The number of benzene rings is 2. The van der Waals surface area contributed by atoms with E-state index in [0.29, 0.717) is 32.0 Å². The van der Waals surface area contributed by atoms with Gasteiger partial charge in [-0.2, -0.15) is 0 Å². The molecule has 6 heteroatoms. The lowest BCUT2D eigenvalue weighted by Crippen LogP contribution is -2.44. The van der Waals surface area contributed by atoms with Gasteiger partial charge in [-0.05, 0) is 48.1 Å². The number of H-pyrrole nitrogens is 1. The average Bonchev–Trinajstić information content (AvgIpc) is 3.44. The van der Waals surface area contributed by atoms with Crippen LogP contribution in [0.15, 0.2) is 54.7 Å². The highest BCUT2D eigenvalue weighted by Gasteiger charge is 2.22. The third-order valence-electron chi connectivity index (χ3n) is 8.47. The first-order chi connectivity index (χ1) is 21.4. The van der Waals surface area contributed by atoms with Crippen LogP contribution >= 0.6 is 0 Å². The number of rotatable bonds is 22. The van der Waals surface area contributed by atoms with Crippen LogP contribution in [-0.4, -0.2) is 53.3 Å². The molecule has 242 valence electrons. The zero-order valence-corrected chi connectivity index (χ0v) is 27.9. The van der Waals surface area contributed by atoms with Crippen molar-refractivity contribution in [2.75, 3.05) is 26.7 Å². The topological polar surface area (TPSA) is 65.6 Å². The number of unbranched alkanes of at least 4 members (excludes halogenated alkanes) is 10. The first-order valence-corrected chi connectivity index (χ1v) is 17.1. The molecule has 0 aliphatic heterocycles. The Morgan fingerprint density at radius 3 is 2.07 bits per heavy atom. The van der Waals surface area contributed by atoms with Crippen LogP contribution in [0.3, 0.4) is 0 Å². The number of nitrogens with zero attached hydrogens (tertiary/aromatic N) is 2. The van der Waals surface area contributed by atoms with E-state index in [2.05, 4.69) is 37.9 Å². The summed E-state index contributed by atoms with van der Waals surface area (Å²) in [5.74, 6) is 1.18. The maximum Gasteiger partial charge on any atom is 0.242 e. The molecule has 3 aromatic rings. The second-order valence-electron chi connectivity index (χ2n) is 12.7. The van der Waals surface area contributed by atoms with E-state index >= 15 is 0 Å². The quantitative estimate of drug-likeness (QED) is 0.117. The molecule has 44 heavy (non-hydrogen) atoms. The van der Waals surface area contributed by atoms with Gasteiger partial charge in [0.1, 0.15) is 5.75 Å². The van der Waals surface area contributed by atoms with Crippen LogP contribution in [0.2, 0.25) is 0 Å². The number of hydrogen-bond acceptors (Lipinski definition) is 3. The van der Waals surface area contributed by atoms with Crippen LogP contribution in [0, 0.1) is 5.92 Å². The number of carbonyl (C=O) groups is 2. The van der Waals surface area contributed by atoms with Gasteiger partial charge in [-0.15, -0.1) is 0 Å². The summed E-state index contributed by atoms with van der Waals surface area (Å²) in [6.45, 7) is 8.28. The SMILES string of the molecule is CCCCCCCCCCCCCC(=O)N(CC(=O)N(CCc1c[nH]c2ccccc12)Cc1ccc(OC)cc1)CC(C)C. The van der Waals surface area contributed by atoms with E-state index in [-0.39, 0.29) is 18.4 Å². The number of hydrogen-bond donors (Lipinski definition) is 1. The van der Waals surface area contributed by atoms with Gasteiger partial charge >= 0.3 is 0 Å². The number of methoxy groups -OCH3 is 1. The van der Waals surface area contributed by atoms with Gasteiger partial charge < -0.3 is 19.5 Å². The standard InChI is InChI=1S/C38H57N3O3/c1-5-6-7-8-9-10-11-12-13-14-15-20-37(42)41(28-31(2)3)30-38(43)40(29-32-21-23-34(44-4)24-22-32)26-25-33-27-39-36-19-17-16-18-35(33)36/h16-19,21-24,27,31,39H,5-15,20,25-26,28-30H2,1-4H3. The van der Waals surface area contributed by atoms with E-state index in [4.69, 9.17) is 4.74 Å². The molecular formula is C38H57N3O3. The first-order valence-electron chi connectivity index (χ1n) is 17.1. The molecule has 2 amide bonds. The smallest absolute Gasteiger partial charge is 0.242 e. The van der Waals surface area contributed by atoms with Gasteiger partial charge in [0.25, 0.3) is 0 Å². The van der Waals surface area contributed by atoms with Crippen molar-refractivity contribution in [3.63, 3.8) is 0 Å². The monoisotopic (exact) mass is 603 g/mol. The van der Waals surface area contributed by atoms with Gasteiger partial charge in [-0.1, -0.05) is 115 Å². The number of amides is 2. The van der Waals surface area contributed by atoms with Crippen LogP contribution in [0.5, 0.6) is 5.75 Å². The Balaban J connectivity index is 1.55. The number of nitrogens with one attached hydrogen (secondary N) is 1. The Kier molecular flexibility index (Phi) is 15.9. The van der Waals surface area contributed by atoms with Crippen molar-refractivity contribution in [2.45, 2.75) is 111 Å². The van der Waals surface area contributed by atoms with Crippen molar-refractivity contribution in [1.29, 1.82) is 0 Å². The minimum absolute atomic E-state index is 0.00593. The second kappa shape index (κ2) is 19.9. The number of ether oxygens (including phenoxy) is 1. The van der Waals surface area contributed by atoms with E-state index in [1.54, 1.807) is 12.0 Å². The molecule has 0 spiro atoms. The second-order valence-corrected chi connectivity index (χ2v) is 12.7. The predicted molar refractivity (Wildman–Crippen MR) is 183 cm³/mol. The number of para-hydroxylation sites is 1. The molecule has 0 radical (unpaired) electrons. The average molecular weight is 604 g/mol. The lowest BCUT2D eigenvalue weighted by atomic mass is 10.0. The molecule has 0 aliphatic carbocycles. The molecule has 2 aromatic carbocycles. The highest BCUT2D eigenvalue weighted by atomic mass is 16.5. The summed E-state index contributed by atoms with van der Waals surface area (Å²) in [7, 11) is 1.66. The van der Waals surface area contributed by atoms with E-state index in [9.17, 15) is 9.59 Å². The van der Waals surface area contributed by atoms with Gasteiger partial charge in [0, 0.05) is 43.2 Å². The summed E-state index contributed by atoms with van der Waals surface area (Å²) in [6.07, 6.45) is 17.1. The maximum absolute atomic E-state index is 13.8. The predicted octanol–water partition coefficient (Wildman–Crippen LogP) is 8.93. The minimum Gasteiger partial charge on any atom is -0.497 e. The van der Waals surface area contributed by atoms with E-state index < -0.39 is 0 Å². The lowest BCUT2D eigenvalue weighted by molar-refractivity contribution is -0.141. The normalized spacial score (nSPS) is 11.3. The third kappa shape index (κ3) is 12.4. The van der Waals surface area contributed by atoms with Gasteiger partial charge in [0.15, 0.2) is 0 Å². The summed E-state index contributed by atoms with van der Waals surface area (Å²) in [5.41, 5.74) is 3.34. The largest absolute Gasteiger partial charge is 0.497 e. The van der Waals surface area contributed by atoms with E-state index in [0.717, 1.165) is 36.1 Å². The van der Waals surface area contributed by atoms with Crippen LogP contribution in [0.1, 0.15) is 109 Å². The zero-order chi connectivity index (χ0) is 31.6. The summed E-state index contributed by atoms with van der Waals surface area (Å²) in [6, 6.07) is 16.1. The summed E-state index contributed by atoms with van der Waals surface area (Å²) in [4.78, 5) is 34.3. The Morgan fingerprint density at radius 1 is 0.795 bits per heavy atom. The number of aromatic amines is 1. The molecule has 3 rings (SSSR count). The van der Waals surface area contributed by atoms with E-state index in [1.165, 1.54) is 68.7 Å². The van der Waals surface area contributed by atoms with Gasteiger partial charge in [0.05, 0.1) is 13.7 Å². The van der Waals surface area contributed by atoms with Gasteiger partial charge in [-0.3, -0.25) is 9.59 Å². The molecule has 1 aromatic heterocycles. The molecule has 0 atom stereocenters. The summed E-state index contributed by atoms with van der Waals surface area (Å²) >= 11 is 0. The van der Waals surface area contributed by atoms with Gasteiger partial charge in [0.2, 0.25) is 11.8 Å². The fourth-order valence-corrected chi connectivity index (χ4v) is 5.89. The minimum atomic E-state index is -0.00593. The molecule has 0 fully saturated rings. The van der Waals surface area contributed by atoms with Crippen LogP contribution in [-0.2, 0) is 22.6 Å². The lowest BCUT2D eigenvalue weighted by Gasteiger charge is -2.29. The van der Waals surface area contributed by atoms with Crippen LogP contribution in [0.4, 0.5) is 0 Å². The summed E-state index contributed by atoms with van der Waals surface area (Å²) in [5, 5.41) is 1.19. The molecule has 0 unspecified atom stereocenters. The van der Waals surface area contributed by atoms with Gasteiger partial charge in [-0.25, -0.2) is 0 Å². The van der Waals surface area contributed by atoms with Crippen molar-refractivity contribution in [3.8, 4) is 5.75 Å². The Labute approximate surface area is 266 Å². The molecule has 1 heterocycles. The third-order valence-corrected chi connectivity index (χ3v) is 8.47. The fourth-order valence-electron chi connectivity index (χ4n) is 5.89. The molecule has 0 aliphatic rings.